The first kappa shape index (κ1) is 10.3. The average molecular weight is 209 g/mol. The van der Waals surface area contributed by atoms with Crippen LogP contribution in [-0.4, -0.2) is 57.0 Å². The molecule has 0 atom stereocenters. The largest absolute Gasteiger partial charge is 0.394 e. The third-order valence-electron chi connectivity index (χ3n) is 2.38. The van der Waals surface area contributed by atoms with Crippen LogP contribution < -0.4 is 0 Å². The predicted molar refractivity (Wildman–Crippen MR) is 55.0 cm³/mol. The first-order chi connectivity index (χ1) is 7.29. The van der Waals surface area contributed by atoms with Crippen molar-refractivity contribution >= 4 is 5.57 Å². The number of aromatic nitrogens is 4. The van der Waals surface area contributed by atoms with Crippen molar-refractivity contribution in [3.63, 3.8) is 0 Å². The third kappa shape index (κ3) is 2.40. The summed E-state index contributed by atoms with van der Waals surface area (Å²) >= 11 is 0. The van der Waals surface area contributed by atoms with Gasteiger partial charge < -0.3 is 10.0 Å². The topological polar surface area (TPSA) is 67.1 Å². The molecule has 0 spiro atoms. The second-order valence-electron chi connectivity index (χ2n) is 3.69. The number of likely N-dealkylation sites (N-methyl/N-ethyl adjacent to an activating group) is 1. The van der Waals surface area contributed by atoms with Crippen LogP contribution in [-0.2, 0) is 6.54 Å². The molecular weight excluding hydrogens is 194 g/mol. The molecule has 6 nitrogen and oxygen atoms in total. The summed E-state index contributed by atoms with van der Waals surface area (Å²) in [6.07, 6.45) is 3.18. The molecule has 1 aliphatic heterocycles. The minimum atomic E-state index is 0.0365. The number of aliphatic hydroxyl groups excluding tert-OH is 1. The number of hydrogen-bond donors (Lipinski definition) is 1. The molecule has 0 amide bonds. The summed E-state index contributed by atoms with van der Waals surface area (Å²) in [5, 5.41) is 20.8. The molecule has 0 fully saturated rings. The summed E-state index contributed by atoms with van der Waals surface area (Å²) in [6.45, 7) is 2.38. The highest BCUT2D eigenvalue weighted by Crippen LogP contribution is 2.15. The first-order valence-electron chi connectivity index (χ1n) is 5.06. The molecule has 6 heteroatoms. The Kier molecular flexibility index (Phi) is 3.08. The normalized spacial score (nSPS) is 17.9. The molecule has 0 saturated carbocycles. The first-order valence-corrected chi connectivity index (χ1v) is 5.06. The molecule has 82 valence electrons. The number of hydrogen-bond acceptors (Lipinski definition) is 5. The van der Waals surface area contributed by atoms with Crippen molar-refractivity contribution in [1.82, 2.24) is 25.1 Å². The molecule has 1 aromatic heterocycles. The molecule has 2 rings (SSSR count). The standard InChI is InChI=1S/C9H15N5O/c1-13-4-2-3-8(7-13)9-10-12-14(11-9)5-6-15/h3,15H,2,4-7H2,1H3. The van der Waals surface area contributed by atoms with Gasteiger partial charge in [0.25, 0.3) is 0 Å². The van der Waals surface area contributed by atoms with Crippen LogP contribution in [0.3, 0.4) is 0 Å². The van der Waals surface area contributed by atoms with E-state index in [1.165, 1.54) is 4.80 Å². The Labute approximate surface area is 88.2 Å². The van der Waals surface area contributed by atoms with E-state index in [0.29, 0.717) is 12.4 Å². The zero-order valence-corrected chi connectivity index (χ0v) is 8.80. The molecule has 0 radical (unpaired) electrons. The highest BCUT2D eigenvalue weighted by Gasteiger charge is 2.14. The predicted octanol–water partition coefficient (Wildman–Crippen LogP) is -0.616. The lowest BCUT2D eigenvalue weighted by molar-refractivity contribution is 0.259. The molecular formula is C9H15N5O. The van der Waals surface area contributed by atoms with Crippen molar-refractivity contribution in [2.75, 3.05) is 26.7 Å². The van der Waals surface area contributed by atoms with Gasteiger partial charge in [0.05, 0.1) is 13.2 Å². The van der Waals surface area contributed by atoms with Gasteiger partial charge in [-0.1, -0.05) is 6.08 Å². The van der Waals surface area contributed by atoms with Crippen molar-refractivity contribution in [3.8, 4) is 0 Å². The molecule has 1 aliphatic rings. The summed E-state index contributed by atoms with van der Waals surface area (Å²) in [7, 11) is 2.07. The van der Waals surface area contributed by atoms with Crippen LogP contribution in [0.4, 0.5) is 0 Å². The second kappa shape index (κ2) is 4.50. The smallest absolute Gasteiger partial charge is 0.201 e. The summed E-state index contributed by atoms with van der Waals surface area (Å²) in [4.78, 5) is 3.65. The Morgan fingerprint density at radius 3 is 3.13 bits per heavy atom. The van der Waals surface area contributed by atoms with Crippen LogP contribution in [0.5, 0.6) is 0 Å². The van der Waals surface area contributed by atoms with Gasteiger partial charge in [0.1, 0.15) is 0 Å². The van der Waals surface area contributed by atoms with Crippen molar-refractivity contribution < 1.29 is 5.11 Å². The van der Waals surface area contributed by atoms with Crippen molar-refractivity contribution in [2.24, 2.45) is 0 Å². The second-order valence-corrected chi connectivity index (χ2v) is 3.69. The van der Waals surface area contributed by atoms with Gasteiger partial charge in [-0.2, -0.15) is 4.80 Å². The van der Waals surface area contributed by atoms with E-state index in [2.05, 4.69) is 33.4 Å². The number of tetrazole rings is 1. The van der Waals surface area contributed by atoms with Crippen LogP contribution in [0.15, 0.2) is 6.08 Å². The van der Waals surface area contributed by atoms with Gasteiger partial charge in [0.2, 0.25) is 5.82 Å². The zero-order valence-electron chi connectivity index (χ0n) is 8.80. The number of nitrogens with zero attached hydrogens (tertiary/aromatic N) is 5. The van der Waals surface area contributed by atoms with Gasteiger partial charge in [-0.3, -0.25) is 0 Å². The zero-order chi connectivity index (χ0) is 10.7. The van der Waals surface area contributed by atoms with Gasteiger partial charge >= 0.3 is 0 Å². The van der Waals surface area contributed by atoms with Crippen molar-refractivity contribution in [1.29, 1.82) is 0 Å². The fourth-order valence-electron chi connectivity index (χ4n) is 1.61. The maximum absolute atomic E-state index is 8.73. The summed E-state index contributed by atoms with van der Waals surface area (Å²) < 4.78 is 0. The minimum absolute atomic E-state index is 0.0365. The summed E-state index contributed by atoms with van der Waals surface area (Å²) in [6, 6.07) is 0. The van der Waals surface area contributed by atoms with Gasteiger partial charge in [0, 0.05) is 18.7 Å². The maximum atomic E-state index is 8.73. The maximum Gasteiger partial charge on any atom is 0.201 e. The highest BCUT2D eigenvalue weighted by atomic mass is 16.3. The minimum Gasteiger partial charge on any atom is -0.394 e. The number of aliphatic hydroxyl groups is 1. The molecule has 2 heterocycles. The van der Waals surface area contributed by atoms with E-state index in [9.17, 15) is 0 Å². The molecule has 0 aromatic carbocycles. The van der Waals surface area contributed by atoms with Crippen molar-refractivity contribution in [2.45, 2.75) is 13.0 Å². The molecule has 15 heavy (non-hydrogen) atoms. The van der Waals surface area contributed by atoms with Gasteiger partial charge in [-0.05, 0) is 18.7 Å². The van der Waals surface area contributed by atoms with Crippen LogP contribution in [0.25, 0.3) is 5.57 Å². The van der Waals surface area contributed by atoms with Crippen molar-refractivity contribution in [3.05, 3.63) is 11.9 Å². The molecule has 0 aliphatic carbocycles. The Morgan fingerprint density at radius 2 is 2.40 bits per heavy atom. The Hall–Kier alpha value is -1.27. The Bertz CT molecular complexity index is 359. The fourth-order valence-corrected chi connectivity index (χ4v) is 1.61. The van der Waals surface area contributed by atoms with E-state index < -0.39 is 0 Å². The molecule has 0 saturated heterocycles. The van der Waals surface area contributed by atoms with Gasteiger partial charge in [-0.25, -0.2) is 0 Å². The Balaban J connectivity index is 2.11. The van der Waals surface area contributed by atoms with Crippen LogP contribution >= 0.6 is 0 Å². The lowest BCUT2D eigenvalue weighted by Gasteiger charge is -2.20. The van der Waals surface area contributed by atoms with E-state index in [4.69, 9.17) is 5.11 Å². The van der Waals surface area contributed by atoms with E-state index in [1.807, 2.05) is 0 Å². The lowest BCUT2D eigenvalue weighted by Crippen LogP contribution is -2.25. The molecule has 0 bridgehead atoms. The van der Waals surface area contributed by atoms with E-state index in [-0.39, 0.29) is 6.61 Å². The van der Waals surface area contributed by atoms with Crippen LogP contribution in [0.2, 0.25) is 0 Å². The lowest BCUT2D eigenvalue weighted by atomic mass is 10.1. The van der Waals surface area contributed by atoms with Gasteiger partial charge in [-0.15, -0.1) is 10.2 Å². The fraction of sp³-hybridized carbons (Fsp3) is 0.667. The van der Waals surface area contributed by atoms with E-state index >= 15 is 0 Å². The summed E-state index contributed by atoms with van der Waals surface area (Å²) in [5.74, 6) is 0.676. The average Bonchev–Trinajstić information content (AvgIpc) is 2.67. The molecule has 1 aromatic rings. The van der Waals surface area contributed by atoms with Gasteiger partial charge in [0.15, 0.2) is 0 Å². The monoisotopic (exact) mass is 209 g/mol. The third-order valence-corrected chi connectivity index (χ3v) is 2.38. The Morgan fingerprint density at radius 1 is 1.53 bits per heavy atom. The number of rotatable bonds is 3. The molecule has 0 unspecified atom stereocenters. The highest BCUT2D eigenvalue weighted by molar-refractivity contribution is 5.61. The van der Waals surface area contributed by atoms with E-state index in [0.717, 1.165) is 25.1 Å². The molecule has 1 N–H and O–H groups in total. The van der Waals surface area contributed by atoms with Crippen LogP contribution in [0, 0.1) is 0 Å². The summed E-state index contributed by atoms with van der Waals surface area (Å²) in [5.41, 5.74) is 1.12. The van der Waals surface area contributed by atoms with E-state index in [1.54, 1.807) is 0 Å². The van der Waals surface area contributed by atoms with Crippen LogP contribution in [0.1, 0.15) is 12.2 Å². The SMILES string of the molecule is CN1CCC=C(c2nnn(CCO)n2)C1. The quantitative estimate of drug-likeness (QED) is 0.719.